The van der Waals surface area contributed by atoms with Gasteiger partial charge in [0.1, 0.15) is 12.1 Å². The molecule has 1 aromatic carbocycles. The van der Waals surface area contributed by atoms with Crippen LogP contribution in [-0.4, -0.2) is 67.6 Å². The first-order valence-corrected chi connectivity index (χ1v) is 10.5. The number of carbonyl (C=O) groups excluding carboxylic acids is 3. The van der Waals surface area contributed by atoms with Gasteiger partial charge in [0.15, 0.2) is 11.5 Å². The van der Waals surface area contributed by atoms with E-state index in [4.69, 9.17) is 23.7 Å². The first kappa shape index (κ1) is 28.5. The molecule has 0 bridgehead atoms. The van der Waals surface area contributed by atoms with Crippen molar-refractivity contribution in [3.8, 4) is 11.5 Å². The van der Waals surface area contributed by atoms with E-state index in [1.807, 2.05) is 0 Å². The van der Waals surface area contributed by atoms with E-state index >= 15 is 0 Å². The third kappa shape index (κ3) is 10.9. The van der Waals surface area contributed by atoms with Gasteiger partial charge < -0.3 is 38.8 Å². The number of rotatable bonds is 11. The molecule has 0 heterocycles. The molecular weight excluding hydrogens is 454 g/mol. The minimum absolute atomic E-state index is 0.0351. The number of ether oxygens (including phenoxy) is 6. The maximum absolute atomic E-state index is 12.0. The average molecular weight is 485 g/mol. The number of carboxylic acid groups (broad SMARTS) is 1. The van der Waals surface area contributed by atoms with Crippen LogP contribution >= 0.6 is 0 Å². The van der Waals surface area contributed by atoms with Gasteiger partial charge >= 0.3 is 24.4 Å². The summed E-state index contributed by atoms with van der Waals surface area (Å²) in [6.07, 6.45) is -4.50. The number of methoxy groups -OCH3 is 1. The van der Waals surface area contributed by atoms with Crippen LogP contribution in [0.3, 0.4) is 0 Å². The van der Waals surface area contributed by atoms with Gasteiger partial charge in [-0.2, -0.15) is 0 Å². The molecule has 12 nitrogen and oxygen atoms in total. The number of benzene rings is 1. The number of hydrogen-bond donors (Lipinski definition) is 2. The molecule has 0 saturated heterocycles. The van der Waals surface area contributed by atoms with E-state index in [2.05, 4.69) is 10.1 Å². The summed E-state index contributed by atoms with van der Waals surface area (Å²) >= 11 is 0. The highest BCUT2D eigenvalue weighted by Gasteiger charge is 2.22. The molecule has 0 aliphatic carbocycles. The zero-order valence-corrected chi connectivity index (χ0v) is 20.0. The van der Waals surface area contributed by atoms with E-state index in [0.717, 1.165) is 7.11 Å². The van der Waals surface area contributed by atoms with Gasteiger partial charge in [0.25, 0.3) is 0 Å². The van der Waals surface area contributed by atoms with Gasteiger partial charge in [0, 0.05) is 6.54 Å². The molecule has 0 saturated carbocycles. The van der Waals surface area contributed by atoms with Gasteiger partial charge in [0.2, 0.25) is 0 Å². The first-order chi connectivity index (χ1) is 15.9. The molecule has 0 aliphatic heterocycles. The fourth-order valence-corrected chi connectivity index (χ4v) is 2.50. The minimum atomic E-state index is -1.16. The van der Waals surface area contributed by atoms with E-state index in [1.165, 1.54) is 18.2 Å². The number of hydrogen-bond acceptors (Lipinski definition) is 11. The first-order valence-electron chi connectivity index (χ1n) is 10.5. The Hall–Kier alpha value is -3.54. The average Bonchev–Trinajstić information content (AvgIpc) is 2.71. The Kier molecular flexibility index (Phi) is 11.6. The fraction of sp³-hybridized carbons (Fsp3) is 0.545. The summed E-state index contributed by atoms with van der Waals surface area (Å²) in [4.78, 5) is 46.8. The highest BCUT2D eigenvalue weighted by Crippen LogP contribution is 2.30. The molecule has 2 atom stereocenters. The van der Waals surface area contributed by atoms with Crippen molar-refractivity contribution in [2.45, 2.75) is 65.4 Å². The lowest BCUT2D eigenvalue weighted by atomic mass is 10.0. The largest absolute Gasteiger partial charge is 0.514 e. The highest BCUT2D eigenvalue weighted by atomic mass is 16.8. The van der Waals surface area contributed by atoms with E-state index < -0.39 is 48.8 Å². The van der Waals surface area contributed by atoms with Crippen LogP contribution in [0.1, 0.15) is 40.2 Å². The predicted octanol–water partition coefficient (Wildman–Crippen LogP) is 3.29. The van der Waals surface area contributed by atoms with Crippen LogP contribution in [0.5, 0.6) is 11.5 Å². The van der Waals surface area contributed by atoms with Crippen LogP contribution in [0, 0.1) is 0 Å². The van der Waals surface area contributed by atoms with Gasteiger partial charge in [-0.15, -0.1) is 0 Å². The van der Waals surface area contributed by atoms with E-state index in [1.54, 1.807) is 34.6 Å². The second-order valence-corrected chi connectivity index (χ2v) is 7.70. The normalized spacial score (nSPS) is 12.5. The molecular formula is C22H31NO11. The number of aliphatic carboxylic acids is 1. The molecule has 1 unspecified atom stereocenters. The van der Waals surface area contributed by atoms with Gasteiger partial charge in [-0.3, -0.25) is 4.79 Å². The predicted molar refractivity (Wildman–Crippen MR) is 117 cm³/mol. The standard InChI is InChI=1S/C22H31NO11/c1-12(2)30-21(27)33-17-8-7-15(10-18(17)34-22(28)31-13(3)4)9-16(19(24)25)23-11-14(5)32-20(26)29-6/h7-8,10,12-14,16,23H,9,11H2,1-6H3,(H,24,25)/t14?,16-/m0/s1. The quantitative estimate of drug-likeness (QED) is 0.268. The van der Waals surface area contributed by atoms with Crippen LogP contribution in [0.25, 0.3) is 0 Å². The van der Waals surface area contributed by atoms with E-state index in [0.29, 0.717) is 5.56 Å². The van der Waals surface area contributed by atoms with E-state index in [-0.39, 0.29) is 24.5 Å². The molecule has 0 radical (unpaired) electrons. The summed E-state index contributed by atoms with van der Waals surface area (Å²) in [5, 5.41) is 12.3. The van der Waals surface area contributed by atoms with Crippen molar-refractivity contribution in [3.63, 3.8) is 0 Å². The second kappa shape index (κ2) is 13.9. The molecule has 12 heteroatoms. The van der Waals surface area contributed by atoms with Crippen LogP contribution in [0.15, 0.2) is 18.2 Å². The summed E-state index contributed by atoms with van der Waals surface area (Å²) in [5.74, 6) is -1.43. The Balaban J connectivity index is 3.03. The van der Waals surface area contributed by atoms with Gasteiger partial charge in [-0.05, 0) is 58.7 Å². The third-order valence-electron chi connectivity index (χ3n) is 3.91. The smallest absolute Gasteiger partial charge is 0.480 e. The van der Waals surface area contributed by atoms with Crippen molar-refractivity contribution >= 4 is 24.4 Å². The Labute approximate surface area is 197 Å². The topological polar surface area (TPSA) is 156 Å². The molecule has 190 valence electrons. The van der Waals surface area contributed by atoms with Crippen molar-refractivity contribution in [3.05, 3.63) is 23.8 Å². The third-order valence-corrected chi connectivity index (χ3v) is 3.91. The molecule has 0 amide bonds. The molecule has 2 N–H and O–H groups in total. The summed E-state index contributed by atoms with van der Waals surface area (Å²) in [7, 11) is 1.16. The van der Waals surface area contributed by atoms with Crippen molar-refractivity contribution in [1.82, 2.24) is 5.32 Å². The molecule has 0 fully saturated rings. The van der Waals surface area contributed by atoms with E-state index in [9.17, 15) is 24.3 Å². The zero-order chi connectivity index (χ0) is 25.8. The lowest BCUT2D eigenvalue weighted by Gasteiger charge is -2.19. The minimum Gasteiger partial charge on any atom is -0.480 e. The number of carbonyl (C=O) groups is 4. The fourth-order valence-electron chi connectivity index (χ4n) is 2.50. The molecule has 0 aliphatic rings. The highest BCUT2D eigenvalue weighted by molar-refractivity contribution is 5.74. The van der Waals surface area contributed by atoms with Crippen molar-refractivity contribution < 1.29 is 52.7 Å². The maximum Gasteiger partial charge on any atom is 0.514 e. The van der Waals surface area contributed by atoms with Gasteiger partial charge in [0.05, 0.1) is 19.3 Å². The van der Waals surface area contributed by atoms with Crippen molar-refractivity contribution in [2.24, 2.45) is 0 Å². The molecule has 0 aromatic heterocycles. The Morgan fingerprint density at radius 3 is 1.91 bits per heavy atom. The maximum atomic E-state index is 12.0. The lowest BCUT2D eigenvalue weighted by molar-refractivity contribution is -0.139. The Bertz CT molecular complexity index is 853. The molecule has 34 heavy (non-hydrogen) atoms. The summed E-state index contributed by atoms with van der Waals surface area (Å²) in [6.45, 7) is 8.14. The molecule has 1 aromatic rings. The van der Waals surface area contributed by atoms with Crippen LogP contribution in [0.2, 0.25) is 0 Å². The van der Waals surface area contributed by atoms with Crippen LogP contribution < -0.4 is 14.8 Å². The zero-order valence-electron chi connectivity index (χ0n) is 20.0. The Morgan fingerprint density at radius 2 is 1.41 bits per heavy atom. The summed E-state index contributed by atoms with van der Waals surface area (Å²) in [6, 6.07) is 3.13. The summed E-state index contributed by atoms with van der Waals surface area (Å²) in [5.41, 5.74) is 0.443. The second-order valence-electron chi connectivity index (χ2n) is 7.70. The van der Waals surface area contributed by atoms with Crippen LogP contribution in [-0.2, 0) is 30.2 Å². The van der Waals surface area contributed by atoms with Gasteiger partial charge in [-0.1, -0.05) is 6.07 Å². The summed E-state index contributed by atoms with van der Waals surface area (Å²) < 4.78 is 29.5. The monoisotopic (exact) mass is 485 g/mol. The van der Waals surface area contributed by atoms with Crippen LogP contribution in [0.4, 0.5) is 14.4 Å². The SMILES string of the molecule is COC(=O)OC(C)CN[C@@H](Cc1ccc(OC(=O)OC(C)C)c(OC(=O)OC(C)C)c1)C(=O)O. The van der Waals surface area contributed by atoms with Crippen molar-refractivity contribution in [2.75, 3.05) is 13.7 Å². The molecule has 1 rings (SSSR count). The number of carboxylic acids is 1. The molecule has 0 spiro atoms. The van der Waals surface area contributed by atoms with Crippen molar-refractivity contribution in [1.29, 1.82) is 0 Å². The van der Waals surface area contributed by atoms with Gasteiger partial charge in [-0.25, -0.2) is 14.4 Å². The Morgan fingerprint density at radius 1 is 0.853 bits per heavy atom. The number of nitrogens with one attached hydrogen (secondary N) is 1. The lowest BCUT2D eigenvalue weighted by Crippen LogP contribution is -2.42.